The third kappa shape index (κ3) is 4.11. The Hall–Kier alpha value is -3.40. The molecule has 8 nitrogen and oxygen atoms in total. The topological polar surface area (TPSA) is 80.3 Å². The lowest BCUT2D eigenvalue weighted by Gasteiger charge is -2.35. The van der Waals surface area contributed by atoms with E-state index < -0.39 is 6.29 Å². The Morgan fingerprint density at radius 2 is 1.77 bits per heavy atom. The van der Waals surface area contributed by atoms with E-state index in [1.165, 1.54) is 6.07 Å². The van der Waals surface area contributed by atoms with Crippen LogP contribution in [-0.4, -0.2) is 55.8 Å². The van der Waals surface area contributed by atoms with Gasteiger partial charge in [-0.1, -0.05) is 6.07 Å². The molecule has 3 heterocycles. The monoisotopic (exact) mass is 431 g/mol. The number of hydrogen-bond acceptors (Lipinski definition) is 7. The van der Waals surface area contributed by atoms with E-state index in [2.05, 4.69) is 14.8 Å². The van der Waals surface area contributed by atoms with Crippen molar-refractivity contribution >= 4 is 23.3 Å². The standard InChI is InChI=1S/C21H19F2N3O5/c22-21(23)30-16-4-3-15(11-18(16)31-21)26-7-5-25(6-8-26)12-19(27)24-14-2-1-13-9-20(28)29-17(13)10-14/h1-4,10-11H,5-9,12H2,(H,24,27). The zero-order valence-corrected chi connectivity index (χ0v) is 16.4. The van der Waals surface area contributed by atoms with E-state index in [1.54, 1.807) is 30.3 Å². The summed E-state index contributed by atoms with van der Waals surface area (Å²) in [5.74, 6) is 0.0585. The van der Waals surface area contributed by atoms with Crippen LogP contribution in [-0.2, 0) is 16.0 Å². The number of fused-ring (bicyclic) bond motifs is 2. The molecule has 1 saturated heterocycles. The SMILES string of the molecule is O=C(CN1CCN(c2ccc3c(c2)OC(F)(F)O3)CC1)Nc1ccc2c(c1)OC(=O)C2. The maximum atomic E-state index is 13.2. The Morgan fingerprint density at radius 1 is 1.00 bits per heavy atom. The molecule has 162 valence electrons. The van der Waals surface area contributed by atoms with Crippen LogP contribution in [0.1, 0.15) is 5.56 Å². The molecule has 1 N–H and O–H groups in total. The van der Waals surface area contributed by atoms with Crippen LogP contribution in [0.5, 0.6) is 17.2 Å². The number of benzene rings is 2. The number of amides is 1. The largest absolute Gasteiger partial charge is 0.586 e. The van der Waals surface area contributed by atoms with Crippen LogP contribution in [0.15, 0.2) is 36.4 Å². The Kier molecular flexibility index (Phi) is 4.66. The Morgan fingerprint density at radius 3 is 2.58 bits per heavy atom. The zero-order valence-electron chi connectivity index (χ0n) is 16.4. The maximum absolute atomic E-state index is 13.2. The molecule has 0 radical (unpaired) electrons. The number of nitrogens with zero attached hydrogens (tertiary/aromatic N) is 2. The van der Waals surface area contributed by atoms with Crippen LogP contribution in [0.3, 0.4) is 0 Å². The number of carbonyl (C=O) groups excluding carboxylic acids is 2. The number of alkyl halides is 2. The molecule has 0 spiro atoms. The van der Waals surface area contributed by atoms with E-state index in [0.717, 1.165) is 11.3 Å². The summed E-state index contributed by atoms with van der Waals surface area (Å²) in [4.78, 5) is 27.8. The van der Waals surface area contributed by atoms with Crippen molar-refractivity contribution in [2.45, 2.75) is 12.7 Å². The average molecular weight is 431 g/mol. The van der Waals surface area contributed by atoms with Gasteiger partial charge in [0.2, 0.25) is 5.91 Å². The molecule has 1 amide bonds. The van der Waals surface area contributed by atoms with Crippen molar-refractivity contribution in [2.24, 2.45) is 0 Å². The third-order valence-corrected chi connectivity index (χ3v) is 5.40. The fraction of sp³-hybridized carbons (Fsp3) is 0.333. The molecule has 0 bridgehead atoms. The molecule has 2 aromatic rings. The lowest BCUT2D eigenvalue weighted by atomic mass is 10.1. The highest BCUT2D eigenvalue weighted by molar-refractivity contribution is 5.93. The number of carbonyl (C=O) groups is 2. The predicted molar refractivity (Wildman–Crippen MR) is 106 cm³/mol. The number of anilines is 2. The quantitative estimate of drug-likeness (QED) is 0.588. The molecular formula is C21H19F2N3O5. The van der Waals surface area contributed by atoms with Crippen molar-refractivity contribution in [2.75, 3.05) is 42.9 Å². The van der Waals surface area contributed by atoms with Gasteiger partial charge in [0, 0.05) is 55.2 Å². The molecule has 0 aromatic heterocycles. The summed E-state index contributed by atoms with van der Waals surface area (Å²) in [6.07, 6.45) is -3.38. The number of halogens is 2. The second-order valence-electron chi connectivity index (χ2n) is 7.58. The summed E-state index contributed by atoms with van der Waals surface area (Å²) in [5, 5.41) is 2.83. The third-order valence-electron chi connectivity index (χ3n) is 5.40. The first kappa shape index (κ1) is 19.6. The van der Waals surface area contributed by atoms with Crippen LogP contribution in [0.2, 0.25) is 0 Å². The summed E-state index contributed by atoms with van der Waals surface area (Å²) < 4.78 is 40.4. The van der Waals surface area contributed by atoms with Gasteiger partial charge in [-0.25, -0.2) is 0 Å². The van der Waals surface area contributed by atoms with Gasteiger partial charge in [-0.05, 0) is 18.2 Å². The van der Waals surface area contributed by atoms with E-state index in [9.17, 15) is 18.4 Å². The minimum Gasteiger partial charge on any atom is -0.426 e. The predicted octanol–water partition coefficient (Wildman–Crippen LogP) is 2.23. The number of ether oxygens (including phenoxy) is 3. The first-order valence-electron chi connectivity index (χ1n) is 9.85. The van der Waals surface area contributed by atoms with Crippen molar-refractivity contribution in [3.05, 3.63) is 42.0 Å². The summed E-state index contributed by atoms with van der Waals surface area (Å²) >= 11 is 0. The Labute approximate surface area is 176 Å². The molecule has 1 fully saturated rings. The van der Waals surface area contributed by atoms with Crippen LogP contribution in [0.4, 0.5) is 20.2 Å². The van der Waals surface area contributed by atoms with Crippen molar-refractivity contribution in [3.8, 4) is 17.2 Å². The zero-order chi connectivity index (χ0) is 21.6. The van der Waals surface area contributed by atoms with Gasteiger partial charge in [0.15, 0.2) is 11.5 Å². The van der Waals surface area contributed by atoms with Gasteiger partial charge in [0.1, 0.15) is 5.75 Å². The number of rotatable bonds is 4. The molecule has 31 heavy (non-hydrogen) atoms. The van der Waals surface area contributed by atoms with Crippen molar-refractivity contribution in [3.63, 3.8) is 0 Å². The maximum Gasteiger partial charge on any atom is 0.586 e. The summed E-state index contributed by atoms with van der Waals surface area (Å²) in [5.41, 5.74) is 2.15. The second kappa shape index (κ2) is 7.38. The van der Waals surface area contributed by atoms with Gasteiger partial charge >= 0.3 is 12.3 Å². The van der Waals surface area contributed by atoms with Gasteiger partial charge in [-0.15, -0.1) is 8.78 Å². The number of esters is 1. The molecule has 3 aliphatic heterocycles. The van der Waals surface area contributed by atoms with Gasteiger partial charge in [-0.3, -0.25) is 14.5 Å². The van der Waals surface area contributed by atoms with Crippen LogP contribution in [0.25, 0.3) is 0 Å². The van der Waals surface area contributed by atoms with Crippen molar-refractivity contribution in [1.82, 2.24) is 4.90 Å². The lowest BCUT2D eigenvalue weighted by Crippen LogP contribution is -2.48. The van der Waals surface area contributed by atoms with E-state index in [4.69, 9.17) is 4.74 Å². The highest BCUT2D eigenvalue weighted by Gasteiger charge is 2.43. The second-order valence-corrected chi connectivity index (χ2v) is 7.58. The highest BCUT2D eigenvalue weighted by atomic mass is 19.3. The Balaban J connectivity index is 1.14. The molecule has 0 aliphatic carbocycles. The minimum atomic E-state index is -3.63. The first-order chi connectivity index (χ1) is 14.8. The summed E-state index contributed by atoms with van der Waals surface area (Å²) in [6, 6.07) is 9.90. The summed E-state index contributed by atoms with van der Waals surface area (Å²) in [7, 11) is 0. The van der Waals surface area contributed by atoms with Crippen molar-refractivity contribution in [1.29, 1.82) is 0 Å². The lowest BCUT2D eigenvalue weighted by molar-refractivity contribution is -0.286. The fourth-order valence-corrected chi connectivity index (χ4v) is 3.89. The van der Waals surface area contributed by atoms with E-state index >= 15 is 0 Å². The molecule has 2 aromatic carbocycles. The summed E-state index contributed by atoms with van der Waals surface area (Å²) in [6.45, 7) is 2.77. The van der Waals surface area contributed by atoms with Crippen molar-refractivity contribution < 1.29 is 32.6 Å². The number of nitrogens with one attached hydrogen (secondary N) is 1. The van der Waals surface area contributed by atoms with E-state index in [-0.39, 0.29) is 36.3 Å². The number of piperazine rings is 1. The normalized spacial score (nSPS) is 19.2. The van der Waals surface area contributed by atoms with Crippen LogP contribution < -0.4 is 24.4 Å². The van der Waals surface area contributed by atoms with E-state index in [1.807, 2.05) is 9.80 Å². The van der Waals surface area contributed by atoms with Gasteiger partial charge in [0.25, 0.3) is 0 Å². The van der Waals surface area contributed by atoms with Gasteiger partial charge < -0.3 is 24.4 Å². The number of hydrogen-bond donors (Lipinski definition) is 1. The molecule has 10 heteroatoms. The van der Waals surface area contributed by atoms with E-state index in [0.29, 0.717) is 37.6 Å². The fourth-order valence-electron chi connectivity index (χ4n) is 3.89. The highest BCUT2D eigenvalue weighted by Crippen LogP contribution is 2.42. The Bertz CT molecular complexity index is 1050. The molecule has 5 rings (SSSR count). The van der Waals surface area contributed by atoms with Gasteiger partial charge in [0.05, 0.1) is 13.0 Å². The van der Waals surface area contributed by atoms with Crippen LogP contribution >= 0.6 is 0 Å². The molecular weight excluding hydrogens is 412 g/mol. The average Bonchev–Trinajstić information content (AvgIpc) is 3.24. The van der Waals surface area contributed by atoms with Crippen LogP contribution in [0, 0.1) is 0 Å². The molecule has 0 unspecified atom stereocenters. The van der Waals surface area contributed by atoms with Gasteiger partial charge in [-0.2, -0.15) is 0 Å². The first-order valence-corrected chi connectivity index (χ1v) is 9.85. The molecule has 0 saturated carbocycles. The minimum absolute atomic E-state index is 0.0179. The molecule has 0 atom stereocenters. The molecule has 3 aliphatic rings. The smallest absolute Gasteiger partial charge is 0.426 e.